The normalized spacial score (nSPS) is 16.1. The molecule has 2 aromatic rings. The molecule has 1 aromatic carbocycles. The number of hydrogen-bond donors (Lipinski definition) is 2. The van der Waals surface area contributed by atoms with Crippen LogP contribution in [0.1, 0.15) is 33.3 Å². The van der Waals surface area contributed by atoms with Gasteiger partial charge in [-0.3, -0.25) is 24.6 Å². The molecule has 0 radical (unpaired) electrons. The number of urea groups is 1. The van der Waals surface area contributed by atoms with E-state index in [2.05, 4.69) is 22.5 Å². The predicted molar refractivity (Wildman–Crippen MR) is 115 cm³/mol. The molecule has 2 heterocycles. The van der Waals surface area contributed by atoms with Crippen LogP contribution in [0.4, 0.5) is 9.93 Å². The highest BCUT2D eigenvalue weighted by atomic mass is 32.1. The van der Waals surface area contributed by atoms with Crippen molar-refractivity contribution in [2.45, 2.75) is 45.8 Å². The predicted octanol–water partition coefficient (Wildman–Crippen LogP) is 2.57. The van der Waals surface area contributed by atoms with Crippen molar-refractivity contribution in [3.8, 4) is 11.3 Å². The van der Waals surface area contributed by atoms with Gasteiger partial charge in [0.1, 0.15) is 12.1 Å². The molecule has 0 bridgehead atoms. The second-order valence-corrected chi connectivity index (χ2v) is 8.51. The number of esters is 1. The molecule has 0 unspecified atom stereocenters. The van der Waals surface area contributed by atoms with Gasteiger partial charge in [0.15, 0.2) is 11.2 Å². The molecular formula is C21H24N4O5S. The lowest BCUT2D eigenvalue weighted by atomic mass is 10.1. The molecule has 1 aliphatic heterocycles. The molecule has 1 aromatic heterocycles. The van der Waals surface area contributed by atoms with E-state index >= 15 is 0 Å². The summed E-state index contributed by atoms with van der Waals surface area (Å²) < 4.78 is 5.08. The summed E-state index contributed by atoms with van der Waals surface area (Å²) in [5.74, 6) is -1.96. The minimum absolute atomic E-state index is 0.373. The van der Waals surface area contributed by atoms with Gasteiger partial charge in [-0.25, -0.2) is 9.78 Å². The van der Waals surface area contributed by atoms with E-state index in [1.807, 2.05) is 29.6 Å². The first kappa shape index (κ1) is 22.4. The smallest absolute Gasteiger partial charge is 0.327 e. The zero-order valence-corrected chi connectivity index (χ0v) is 18.5. The number of thiazole rings is 1. The van der Waals surface area contributed by atoms with Crippen LogP contribution in [0.3, 0.4) is 0 Å². The van der Waals surface area contributed by atoms with Crippen LogP contribution < -0.4 is 10.6 Å². The maximum Gasteiger partial charge on any atom is 0.327 e. The summed E-state index contributed by atoms with van der Waals surface area (Å²) in [6.45, 7) is 5.99. The van der Waals surface area contributed by atoms with Crippen LogP contribution >= 0.6 is 11.3 Å². The van der Waals surface area contributed by atoms with E-state index in [1.54, 1.807) is 0 Å². The standard InChI is InChI=1S/C21H24N4O5S/c1-5-13-6-8-14(9-7-13)15-11-31-19(22-15)23-17(27)12(2)30-16(26)10-25-18(28)21(3,4)24-20(25)29/h6-9,11-12H,5,10H2,1-4H3,(H,24,29)(H,22,23,27)/t12-/m1/s1. The third-order valence-electron chi connectivity index (χ3n) is 4.80. The monoisotopic (exact) mass is 444 g/mol. The van der Waals surface area contributed by atoms with Crippen molar-refractivity contribution in [3.05, 3.63) is 35.2 Å². The molecule has 1 fully saturated rings. The van der Waals surface area contributed by atoms with E-state index in [0.29, 0.717) is 5.13 Å². The lowest BCUT2D eigenvalue weighted by Crippen LogP contribution is -2.42. The molecule has 0 aliphatic carbocycles. The molecule has 1 aliphatic rings. The molecule has 9 nitrogen and oxygen atoms in total. The Labute approximate surface area is 183 Å². The van der Waals surface area contributed by atoms with Gasteiger partial charge in [-0.1, -0.05) is 31.2 Å². The number of imide groups is 1. The van der Waals surface area contributed by atoms with E-state index < -0.39 is 42.0 Å². The fraction of sp³-hybridized carbons (Fsp3) is 0.381. The molecule has 1 saturated heterocycles. The van der Waals surface area contributed by atoms with Crippen molar-refractivity contribution in [2.24, 2.45) is 0 Å². The lowest BCUT2D eigenvalue weighted by Gasteiger charge is -2.17. The fourth-order valence-electron chi connectivity index (χ4n) is 2.96. The number of benzene rings is 1. The fourth-order valence-corrected chi connectivity index (χ4v) is 3.68. The van der Waals surface area contributed by atoms with Gasteiger partial charge in [-0.2, -0.15) is 0 Å². The Morgan fingerprint density at radius 2 is 1.94 bits per heavy atom. The number of aromatic nitrogens is 1. The van der Waals surface area contributed by atoms with E-state index in [-0.39, 0.29) is 0 Å². The number of ether oxygens (including phenoxy) is 1. The molecule has 2 N–H and O–H groups in total. The van der Waals surface area contributed by atoms with Crippen LogP contribution in [0.2, 0.25) is 0 Å². The topological polar surface area (TPSA) is 118 Å². The number of carbonyl (C=O) groups is 4. The maximum atomic E-state index is 12.4. The van der Waals surface area contributed by atoms with E-state index in [1.165, 1.54) is 37.7 Å². The molecule has 31 heavy (non-hydrogen) atoms. The van der Waals surface area contributed by atoms with Crippen LogP contribution in [0.15, 0.2) is 29.6 Å². The quantitative estimate of drug-likeness (QED) is 0.501. The highest BCUT2D eigenvalue weighted by Gasteiger charge is 2.45. The van der Waals surface area contributed by atoms with E-state index in [9.17, 15) is 19.2 Å². The highest BCUT2D eigenvalue weighted by molar-refractivity contribution is 7.14. The summed E-state index contributed by atoms with van der Waals surface area (Å²) in [7, 11) is 0. The number of nitrogens with zero attached hydrogens (tertiary/aromatic N) is 2. The minimum Gasteiger partial charge on any atom is -0.451 e. The molecule has 164 valence electrons. The Balaban J connectivity index is 1.55. The summed E-state index contributed by atoms with van der Waals surface area (Å²) in [5, 5.41) is 7.29. The summed E-state index contributed by atoms with van der Waals surface area (Å²) in [6.07, 6.45) is -0.179. The van der Waals surface area contributed by atoms with Crippen molar-refractivity contribution in [2.75, 3.05) is 11.9 Å². The van der Waals surface area contributed by atoms with Gasteiger partial charge < -0.3 is 10.1 Å². The molecule has 0 saturated carbocycles. The van der Waals surface area contributed by atoms with Gasteiger partial charge in [-0.05, 0) is 32.8 Å². The molecular weight excluding hydrogens is 420 g/mol. The molecule has 0 spiro atoms. The summed E-state index contributed by atoms with van der Waals surface area (Å²) in [4.78, 5) is 53.6. The maximum absolute atomic E-state index is 12.4. The van der Waals surface area contributed by atoms with Gasteiger partial charge in [0.2, 0.25) is 0 Å². The second-order valence-electron chi connectivity index (χ2n) is 7.66. The Kier molecular flexibility index (Phi) is 6.40. The average molecular weight is 445 g/mol. The highest BCUT2D eigenvalue weighted by Crippen LogP contribution is 2.25. The van der Waals surface area contributed by atoms with Gasteiger partial charge in [0.25, 0.3) is 11.8 Å². The van der Waals surface area contributed by atoms with E-state index in [4.69, 9.17) is 4.74 Å². The van der Waals surface area contributed by atoms with Crippen LogP contribution in [0, 0.1) is 0 Å². The molecule has 1 atom stereocenters. The SMILES string of the molecule is CCc1ccc(-c2csc(NC(=O)[C@@H](C)OC(=O)CN3C(=O)NC(C)(C)C3=O)n2)cc1. The van der Waals surface area contributed by atoms with Gasteiger partial charge in [0.05, 0.1) is 5.69 Å². The van der Waals surface area contributed by atoms with Crippen molar-refractivity contribution in [3.63, 3.8) is 0 Å². The summed E-state index contributed by atoms with van der Waals surface area (Å²) in [6, 6.07) is 7.33. The number of hydrogen-bond acceptors (Lipinski definition) is 7. The van der Waals surface area contributed by atoms with Crippen molar-refractivity contribution in [1.82, 2.24) is 15.2 Å². The Morgan fingerprint density at radius 3 is 2.52 bits per heavy atom. The van der Waals surface area contributed by atoms with Crippen LogP contribution in [0.5, 0.6) is 0 Å². The number of aryl methyl sites for hydroxylation is 1. The second kappa shape index (κ2) is 8.84. The van der Waals surface area contributed by atoms with Crippen LogP contribution in [-0.4, -0.2) is 51.9 Å². The number of carbonyl (C=O) groups excluding carboxylic acids is 4. The Hall–Kier alpha value is -3.27. The Bertz CT molecular complexity index is 1020. The third-order valence-corrected chi connectivity index (χ3v) is 5.56. The third kappa shape index (κ3) is 5.08. The summed E-state index contributed by atoms with van der Waals surface area (Å²) in [5.41, 5.74) is 1.80. The average Bonchev–Trinajstić information content (AvgIpc) is 3.26. The number of anilines is 1. The Morgan fingerprint density at radius 1 is 1.26 bits per heavy atom. The number of amides is 4. The van der Waals surface area contributed by atoms with Crippen molar-refractivity contribution >= 4 is 40.3 Å². The first-order valence-electron chi connectivity index (χ1n) is 9.80. The molecule has 4 amide bonds. The number of rotatable bonds is 7. The summed E-state index contributed by atoms with van der Waals surface area (Å²) >= 11 is 1.26. The molecule has 3 rings (SSSR count). The van der Waals surface area contributed by atoms with Crippen molar-refractivity contribution < 1.29 is 23.9 Å². The van der Waals surface area contributed by atoms with Crippen LogP contribution in [-0.2, 0) is 25.5 Å². The van der Waals surface area contributed by atoms with Gasteiger partial charge in [-0.15, -0.1) is 11.3 Å². The van der Waals surface area contributed by atoms with Gasteiger partial charge >= 0.3 is 12.0 Å². The first-order valence-corrected chi connectivity index (χ1v) is 10.7. The zero-order chi connectivity index (χ0) is 22.8. The van der Waals surface area contributed by atoms with Crippen molar-refractivity contribution in [1.29, 1.82) is 0 Å². The molecule has 10 heteroatoms. The minimum atomic E-state index is -1.13. The first-order chi connectivity index (χ1) is 14.6. The van der Waals surface area contributed by atoms with Crippen LogP contribution in [0.25, 0.3) is 11.3 Å². The largest absolute Gasteiger partial charge is 0.451 e. The zero-order valence-electron chi connectivity index (χ0n) is 17.7. The van der Waals surface area contributed by atoms with E-state index in [0.717, 1.165) is 22.6 Å². The van der Waals surface area contributed by atoms with Gasteiger partial charge in [0, 0.05) is 10.9 Å². The lowest BCUT2D eigenvalue weighted by molar-refractivity contribution is -0.155. The number of nitrogens with one attached hydrogen (secondary N) is 2.